The van der Waals surface area contributed by atoms with Gasteiger partial charge < -0.3 is 4.90 Å². The maximum Gasteiger partial charge on any atom is 0.0995 e. The maximum atomic E-state index is 8.82. The molecule has 0 saturated heterocycles. The summed E-state index contributed by atoms with van der Waals surface area (Å²) in [5, 5.41) is 9.46. The fourth-order valence-electron chi connectivity index (χ4n) is 1.04. The van der Waals surface area contributed by atoms with Crippen molar-refractivity contribution >= 4 is 17.3 Å². The lowest BCUT2D eigenvalue weighted by atomic mass is 10.1. The molecule has 0 unspecified atom stereocenters. The quantitative estimate of drug-likeness (QED) is 0.729. The van der Waals surface area contributed by atoms with Gasteiger partial charge in [-0.25, -0.2) is 0 Å². The van der Waals surface area contributed by atoms with E-state index in [0.717, 1.165) is 11.3 Å². The average molecular weight is 225 g/mol. The number of nitrogens with zero attached hydrogens (tertiary/aromatic N) is 2. The number of halogens is 1. The van der Waals surface area contributed by atoms with Gasteiger partial charge in [-0.2, -0.15) is 5.26 Å². The molecule has 3 heteroatoms. The molecule has 0 aliphatic heterocycles. The lowest BCUT2D eigenvalue weighted by Gasteiger charge is -2.14. The molecule has 0 atom stereocenters. The van der Waals surface area contributed by atoms with Crippen LogP contribution in [-0.2, 0) is 0 Å². The number of nitriles is 1. The largest absolute Gasteiger partial charge is 0.378 e. The molecule has 2 nitrogen and oxygen atoms in total. The van der Waals surface area contributed by atoms with Crippen LogP contribution in [0.5, 0.6) is 0 Å². The minimum Gasteiger partial charge on any atom is -0.378 e. The first-order valence-electron chi connectivity index (χ1n) is 4.94. The zero-order valence-corrected chi connectivity index (χ0v) is 10.7. The summed E-state index contributed by atoms with van der Waals surface area (Å²) in [5.41, 5.74) is 2.43. The molecule has 0 radical (unpaired) electrons. The van der Waals surface area contributed by atoms with E-state index in [1.807, 2.05) is 51.9 Å². The lowest BCUT2D eigenvalue weighted by molar-refractivity contribution is 1.13. The van der Waals surface area contributed by atoms with Gasteiger partial charge in [0.1, 0.15) is 0 Å². The van der Waals surface area contributed by atoms with Gasteiger partial charge >= 0.3 is 0 Å². The van der Waals surface area contributed by atoms with Crippen molar-refractivity contribution < 1.29 is 0 Å². The zero-order chi connectivity index (χ0) is 12.0. The number of hydrogen-bond donors (Lipinski definition) is 0. The SMILES string of the molecule is CC.Cc1c(Cl)cc(N(C)C)cc1C#N. The predicted molar refractivity (Wildman–Crippen MR) is 66.6 cm³/mol. The summed E-state index contributed by atoms with van der Waals surface area (Å²) >= 11 is 5.96. The Bertz CT molecular complexity index is 365. The van der Waals surface area contributed by atoms with Crippen LogP contribution in [0.4, 0.5) is 5.69 Å². The first kappa shape index (κ1) is 13.8. The Labute approximate surface area is 97.1 Å². The van der Waals surface area contributed by atoms with E-state index >= 15 is 0 Å². The van der Waals surface area contributed by atoms with Crippen molar-refractivity contribution in [2.75, 3.05) is 19.0 Å². The summed E-state index contributed by atoms with van der Waals surface area (Å²) in [5.74, 6) is 0. The Morgan fingerprint density at radius 3 is 2.20 bits per heavy atom. The molecule has 0 N–H and O–H groups in total. The minimum atomic E-state index is 0.635. The monoisotopic (exact) mass is 224 g/mol. The molecule has 0 saturated carbocycles. The van der Waals surface area contributed by atoms with Crippen molar-refractivity contribution in [3.8, 4) is 6.07 Å². The predicted octanol–water partition coefficient (Wildman–Crippen LogP) is 3.61. The van der Waals surface area contributed by atoms with E-state index in [1.165, 1.54) is 0 Å². The van der Waals surface area contributed by atoms with Crippen molar-refractivity contribution in [1.82, 2.24) is 0 Å². The Morgan fingerprint density at radius 1 is 1.27 bits per heavy atom. The third-order valence-electron chi connectivity index (χ3n) is 1.97. The topological polar surface area (TPSA) is 27.0 Å². The van der Waals surface area contributed by atoms with Crippen molar-refractivity contribution in [2.45, 2.75) is 20.8 Å². The molecule has 0 spiro atoms. The molecule has 15 heavy (non-hydrogen) atoms. The van der Waals surface area contributed by atoms with Gasteiger partial charge in [-0.1, -0.05) is 25.4 Å². The van der Waals surface area contributed by atoms with Gasteiger partial charge in [-0.05, 0) is 24.6 Å². The van der Waals surface area contributed by atoms with Gasteiger partial charge in [0.2, 0.25) is 0 Å². The van der Waals surface area contributed by atoms with Gasteiger partial charge in [-0.15, -0.1) is 0 Å². The third-order valence-corrected chi connectivity index (χ3v) is 2.36. The van der Waals surface area contributed by atoms with Gasteiger partial charge in [0.05, 0.1) is 11.6 Å². The molecule has 0 heterocycles. The highest BCUT2D eigenvalue weighted by Crippen LogP contribution is 2.25. The van der Waals surface area contributed by atoms with E-state index in [0.29, 0.717) is 10.6 Å². The highest BCUT2D eigenvalue weighted by molar-refractivity contribution is 6.31. The van der Waals surface area contributed by atoms with Crippen LogP contribution in [0.1, 0.15) is 25.0 Å². The summed E-state index contributed by atoms with van der Waals surface area (Å²) in [6.45, 7) is 5.85. The van der Waals surface area contributed by atoms with Crippen molar-refractivity contribution in [3.63, 3.8) is 0 Å². The van der Waals surface area contributed by atoms with E-state index in [-0.39, 0.29) is 0 Å². The molecule has 82 valence electrons. The van der Waals surface area contributed by atoms with E-state index in [4.69, 9.17) is 16.9 Å². The van der Waals surface area contributed by atoms with Crippen LogP contribution in [-0.4, -0.2) is 14.1 Å². The summed E-state index contributed by atoms with van der Waals surface area (Å²) in [6.07, 6.45) is 0. The van der Waals surface area contributed by atoms with Crippen molar-refractivity contribution in [2.24, 2.45) is 0 Å². The number of hydrogen-bond acceptors (Lipinski definition) is 2. The van der Waals surface area contributed by atoms with E-state index in [1.54, 1.807) is 0 Å². The fourth-order valence-corrected chi connectivity index (χ4v) is 1.25. The van der Waals surface area contributed by atoms with Gasteiger partial charge in [-0.3, -0.25) is 0 Å². The normalized spacial score (nSPS) is 8.60. The molecule has 0 fully saturated rings. The summed E-state index contributed by atoms with van der Waals surface area (Å²) in [7, 11) is 3.84. The van der Waals surface area contributed by atoms with Crippen LogP contribution in [0.3, 0.4) is 0 Å². The molecule has 0 aliphatic carbocycles. The Kier molecular flexibility index (Phi) is 5.81. The van der Waals surface area contributed by atoms with E-state index in [2.05, 4.69) is 6.07 Å². The van der Waals surface area contributed by atoms with E-state index < -0.39 is 0 Å². The maximum absolute atomic E-state index is 8.82. The second-order valence-corrected chi connectivity index (χ2v) is 3.51. The lowest BCUT2D eigenvalue weighted by Crippen LogP contribution is -2.09. The van der Waals surface area contributed by atoms with Crippen molar-refractivity contribution in [3.05, 3.63) is 28.3 Å². The van der Waals surface area contributed by atoms with Gasteiger partial charge in [0.15, 0.2) is 0 Å². The Morgan fingerprint density at radius 2 is 1.80 bits per heavy atom. The molecule has 0 aliphatic rings. The first-order chi connectivity index (χ1) is 7.06. The first-order valence-corrected chi connectivity index (χ1v) is 5.31. The second-order valence-electron chi connectivity index (χ2n) is 3.11. The van der Waals surface area contributed by atoms with Crippen LogP contribution in [0, 0.1) is 18.3 Å². The molecule has 1 aromatic carbocycles. The Hall–Kier alpha value is -1.20. The van der Waals surface area contributed by atoms with Crippen LogP contribution < -0.4 is 4.90 Å². The number of benzene rings is 1. The standard InChI is InChI=1S/C10H11ClN2.C2H6/c1-7-8(6-12)4-9(13(2)3)5-10(7)11;1-2/h4-5H,1-3H3;1-2H3. The highest BCUT2D eigenvalue weighted by atomic mass is 35.5. The van der Waals surface area contributed by atoms with E-state index in [9.17, 15) is 0 Å². The fraction of sp³-hybridized carbons (Fsp3) is 0.417. The molecule has 1 aromatic rings. The summed E-state index contributed by atoms with van der Waals surface area (Å²) in [6, 6.07) is 5.81. The third kappa shape index (κ3) is 3.45. The van der Waals surface area contributed by atoms with Crippen LogP contribution in [0.25, 0.3) is 0 Å². The minimum absolute atomic E-state index is 0.635. The second kappa shape index (κ2) is 6.31. The van der Waals surface area contributed by atoms with Crippen molar-refractivity contribution in [1.29, 1.82) is 5.26 Å². The van der Waals surface area contributed by atoms with Crippen LogP contribution >= 0.6 is 11.6 Å². The summed E-state index contributed by atoms with van der Waals surface area (Å²) in [4.78, 5) is 1.92. The molecular weight excluding hydrogens is 208 g/mol. The van der Waals surface area contributed by atoms with Crippen LogP contribution in [0.15, 0.2) is 12.1 Å². The average Bonchev–Trinajstić information content (AvgIpc) is 2.24. The van der Waals surface area contributed by atoms with Gasteiger partial charge in [0.25, 0.3) is 0 Å². The molecular formula is C12H17ClN2. The Balaban J connectivity index is 0.000000921. The van der Waals surface area contributed by atoms with Gasteiger partial charge in [0, 0.05) is 24.8 Å². The number of anilines is 1. The molecule has 0 bridgehead atoms. The smallest absolute Gasteiger partial charge is 0.0995 e. The highest BCUT2D eigenvalue weighted by Gasteiger charge is 2.05. The zero-order valence-electron chi connectivity index (χ0n) is 9.93. The van der Waals surface area contributed by atoms with Crippen LogP contribution in [0.2, 0.25) is 5.02 Å². The molecule has 0 amide bonds. The number of rotatable bonds is 1. The molecule has 1 rings (SSSR count). The summed E-state index contributed by atoms with van der Waals surface area (Å²) < 4.78 is 0. The molecule has 0 aromatic heterocycles.